The Labute approximate surface area is 115 Å². The highest BCUT2D eigenvalue weighted by Crippen LogP contribution is 2.18. The van der Waals surface area contributed by atoms with Gasteiger partial charge in [-0.25, -0.2) is 9.37 Å². The van der Waals surface area contributed by atoms with E-state index in [1.54, 1.807) is 11.6 Å². The predicted octanol–water partition coefficient (Wildman–Crippen LogP) is 0.684. The molecule has 0 amide bonds. The molecular weight excluding hydrogens is 265 g/mol. The van der Waals surface area contributed by atoms with Gasteiger partial charge in [0, 0.05) is 12.6 Å². The standard InChI is InChI=1S/C13H16FN3O3/c1-16(4-5-18)7-12-15-10-6-9(14)2-3-11(10)17(12)8-13(19)20/h2-3,6,18H,4-5,7-8H2,1H3,(H,19,20). The zero-order chi connectivity index (χ0) is 14.7. The van der Waals surface area contributed by atoms with E-state index in [0.29, 0.717) is 29.9 Å². The summed E-state index contributed by atoms with van der Waals surface area (Å²) in [6, 6.07) is 4.09. The molecule has 0 fully saturated rings. The molecule has 0 aliphatic carbocycles. The first-order valence-corrected chi connectivity index (χ1v) is 6.17. The number of rotatable bonds is 6. The number of carboxylic acid groups (broad SMARTS) is 1. The first-order chi connectivity index (χ1) is 9.51. The van der Waals surface area contributed by atoms with Crippen LogP contribution >= 0.6 is 0 Å². The van der Waals surface area contributed by atoms with Crippen LogP contribution in [0, 0.1) is 5.82 Å². The van der Waals surface area contributed by atoms with Gasteiger partial charge in [0.15, 0.2) is 0 Å². The molecule has 0 radical (unpaired) electrons. The van der Waals surface area contributed by atoms with Gasteiger partial charge in [-0.15, -0.1) is 0 Å². The number of likely N-dealkylation sites (N-methyl/N-ethyl adjacent to an activating group) is 1. The van der Waals surface area contributed by atoms with Crippen LogP contribution in [0.25, 0.3) is 11.0 Å². The van der Waals surface area contributed by atoms with Crippen molar-refractivity contribution in [3.8, 4) is 0 Å². The Morgan fingerprint density at radius 2 is 2.25 bits per heavy atom. The number of aromatic nitrogens is 2. The average molecular weight is 281 g/mol. The number of nitrogens with zero attached hydrogens (tertiary/aromatic N) is 3. The van der Waals surface area contributed by atoms with Gasteiger partial charge in [0.2, 0.25) is 0 Å². The summed E-state index contributed by atoms with van der Waals surface area (Å²) in [4.78, 5) is 17.1. The Kier molecular flexibility index (Phi) is 4.31. The molecule has 20 heavy (non-hydrogen) atoms. The van der Waals surface area contributed by atoms with E-state index < -0.39 is 11.8 Å². The zero-order valence-corrected chi connectivity index (χ0v) is 11.1. The third-order valence-corrected chi connectivity index (χ3v) is 2.98. The second-order valence-electron chi connectivity index (χ2n) is 4.60. The highest BCUT2D eigenvalue weighted by atomic mass is 19.1. The van der Waals surface area contributed by atoms with Crippen LogP contribution in [-0.2, 0) is 17.9 Å². The van der Waals surface area contributed by atoms with E-state index in [1.807, 2.05) is 4.90 Å². The Balaban J connectivity index is 2.42. The number of benzene rings is 1. The lowest BCUT2D eigenvalue weighted by molar-refractivity contribution is -0.137. The summed E-state index contributed by atoms with van der Waals surface area (Å²) in [5.74, 6) is -0.864. The topological polar surface area (TPSA) is 78.6 Å². The van der Waals surface area contributed by atoms with Gasteiger partial charge in [0.05, 0.1) is 24.2 Å². The van der Waals surface area contributed by atoms with Crippen molar-refractivity contribution in [1.82, 2.24) is 14.5 Å². The molecule has 0 spiro atoms. The Hall–Kier alpha value is -1.99. The van der Waals surface area contributed by atoms with Crippen molar-refractivity contribution in [2.45, 2.75) is 13.1 Å². The van der Waals surface area contributed by atoms with Crippen molar-refractivity contribution in [1.29, 1.82) is 0 Å². The van der Waals surface area contributed by atoms with Gasteiger partial charge in [-0.1, -0.05) is 0 Å². The van der Waals surface area contributed by atoms with Gasteiger partial charge in [-0.2, -0.15) is 0 Å². The highest BCUT2D eigenvalue weighted by molar-refractivity contribution is 5.78. The molecular formula is C13H16FN3O3. The SMILES string of the molecule is CN(CCO)Cc1nc2cc(F)ccc2n1CC(=O)O. The van der Waals surface area contributed by atoms with Crippen LogP contribution in [0.4, 0.5) is 4.39 Å². The molecule has 7 heteroatoms. The quantitative estimate of drug-likeness (QED) is 0.814. The number of aliphatic carboxylic acids is 1. The van der Waals surface area contributed by atoms with Gasteiger partial charge in [0.1, 0.15) is 18.2 Å². The molecule has 0 saturated carbocycles. The summed E-state index contributed by atoms with van der Waals surface area (Å²) in [5.41, 5.74) is 1.01. The third kappa shape index (κ3) is 3.12. The lowest BCUT2D eigenvalue weighted by Gasteiger charge is -2.15. The van der Waals surface area contributed by atoms with Gasteiger partial charge in [0.25, 0.3) is 0 Å². The summed E-state index contributed by atoms with van der Waals surface area (Å²) in [5, 5.41) is 17.9. The summed E-state index contributed by atoms with van der Waals surface area (Å²) in [7, 11) is 1.79. The lowest BCUT2D eigenvalue weighted by atomic mass is 10.3. The number of fused-ring (bicyclic) bond motifs is 1. The molecule has 2 N–H and O–H groups in total. The Bertz CT molecular complexity index is 627. The molecule has 0 bridgehead atoms. The van der Waals surface area contributed by atoms with E-state index in [0.717, 1.165) is 0 Å². The van der Waals surface area contributed by atoms with Gasteiger partial charge in [-0.05, 0) is 19.2 Å². The molecule has 0 unspecified atom stereocenters. The summed E-state index contributed by atoms with van der Waals surface area (Å²) >= 11 is 0. The maximum Gasteiger partial charge on any atom is 0.323 e. The number of imidazole rings is 1. The normalized spacial score (nSPS) is 11.4. The molecule has 1 aromatic heterocycles. The number of aliphatic hydroxyl groups excluding tert-OH is 1. The Morgan fingerprint density at radius 3 is 2.90 bits per heavy atom. The van der Waals surface area contributed by atoms with Crippen molar-refractivity contribution >= 4 is 17.0 Å². The van der Waals surface area contributed by atoms with Crippen molar-refractivity contribution in [3.05, 3.63) is 29.8 Å². The fourth-order valence-electron chi connectivity index (χ4n) is 2.08. The second-order valence-corrected chi connectivity index (χ2v) is 4.60. The number of hydrogen-bond donors (Lipinski definition) is 2. The van der Waals surface area contributed by atoms with Crippen LogP contribution in [0.2, 0.25) is 0 Å². The molecule has 0 aliphatic heterocycles. The zero-order valence-electron chi connectivity index (χ0n) is 11.1. The summed E-state index contributed by atoms with van der Waals surface area (Å²) in [6.45, 7) is 0.601. The first-order valence-electron chi connectivity index (χ1n) is 6.17. The van der Waals surface area contributed by atoms with Crippen LogP contribution in [0.15, 0.2) is 18.2 Å². The van der Waals surface area contributed by atoms with Crippen molar-refractivity contribution in [3.63, 3.8) is 0 Å². The number of hydrogen-bond acceptors (Lipinski definition) is 4. The number of carbonyl (C=O) groups is 1. The van der Waals surface area contributed by atoms with Crippen molar-refractivity contribution < 1.29 is 19.4 Å². The summed E-state index contributed by atoms with van der Waals surface area (Å²) in [6.07, 6.45) is 0. The first kappa shape index (κ1) is 14.4. The Morgan fingerprint density at radius 1 is 1.50 bits per heavy atom. The molecule has 0 aliphatic rings. The van der Waals surface area contributed by atoms with E-state index in [1.165, 1.54) is 18.2 Å². The molecule has 0 saturated heterocycles. The van der Waals surface area contributed by atoms with Crippen LogP contribution in [-0.4, -0.2) is 50.8 Å². The fourth-order valence-corrected chi connectivity index (χ4v) is 2.08. The lowest BCUT2D eigenvalue weighted by Crippen LogP contribution is -2.24. The highest BCUT2D eigenvalue weighted by Gasteiger charge is 2.15. The van der Waals surface area contributed by atoms with Crippen LogP contribution < -0.4 is 0 Å². The third-order valence-electron chi connectivity index (χ3n) is 2.98. The second kappa shape index (κ2) is 5.98. The largest absolute Gasteiger partial charge is 0.480 e. The summed E-state index contributed by atoms with van der Waals surface area (Å²) < 4.78 is 14.8. The van der Waals surface area contributed by atoms with E-state index >= 15 is 0 Å². The minimum Gasteiger partial charge on any atom is -0.480 e. The monoisotopic (exact) mass is 281 g/mol. The van der Waals surface area contributed by atoms with Crippen LogP contribution in [0.1, 0.15) is 5.82 Å². The van der Waals surface area contributed by atoms with E-state index in [2.05, 4.69) is 4.98 Å². The van der Waals surface area contributed by atoms with Gasteiger partial charge < -0.3 is 14.8 Å². The minimum absolute atomic E-state index is 0.00425. The average Bonchev–Trinajstić information content (AvgIpc) is 2.66. The van der Waals surface area contributed by atoms with Gasteiger partial charge in [-0.3, -0.25) is 9.69 Å². The fraction of sp³-hybridized carbons (Fsp3) is 0.385. The molecule has 2 rings (SSSR count). The van der Waals surface area contributed by atoms with Crippen molar-refractivity contribution in [2.75, 3.05) is 20.2 Å². The minimum atomic E-state index is -0.986. The predicted molar refractivity (Wildman–Crippen MR) is 70.7 cm³/mol. The number of aliphatic hydroxyl groups is 1. The van der Waals surface area contributed by atoms with E-state index in [4.69, 9.17) is 10.2 Å². The maximum atomic E-state index is 13.2. The van der Waals surface area contributed by atoms with Gasteiger partial charge >= 0.3 is 5.97 Å². The number of halogens is 1. The van der Waals surface area contributed by atoms with Crippen molar-refractivity contribution in [2.24, 2.45) is 0 Å². The molecule has 1 aromatic carbocycles. The number of carboxylic acids is 1. The van der Waals surface area contributed by atoms with Crippen LogP contribution in [0.5, 0.6) is 0 Å². The van der Waals surface area contributed by atoms with Crippen LogP contribution in [0.3, 0.4) is 0 Å². The van der Waals surface area contributed by atoms with E-state index in [9.17, 15) is 9.18 Å². The molecule has 6 nitrogen and oxygen atoms in total. The molecule has 0 atom stereocenters. The smallest absolute Gasteiger partial charge is 0.323 e. The van der Waals surface area contributed by atoms with E-state index in [-0.39, 0.29) is 13.2 Å². The maximum absolute atomic E-state index is 13.2. The molecule has 108 valence electrons. The molecule has 2 aromatic rings. The molecule has 1 heterocycles.